The number of hydrogen-bond donors (Lipinski definition) is 2. The molecule has 0 bridgehead atoms. The van der Waals surface area contributed by atoms with Crippen LogP contribution in [-0.4, -0.2) is 23.6 Å². The molecule has 0 unspecified atom stereocenters. The zero-order valence-corrected chi connectivity index (χ0v) is 11.9. The Bertz CT molecular complexity index is 484. The number of carbonyl (C=O) groups excluding carboxylic acids is 1. The Morgan fingerprint density at radius 1 is 1.44 bits per heavy atom. The molecule has 0 heterocycles. The highest BCUT2D eigenvalue weighted by molar-refractivity contribution is 7.80. The third kappa shape index (κ3) is 3.05. The van der Waals surface area contributed by atoms with E-state index in [2.05, 4.69) is 5.32 Å². The number of rotatable bonds is 4. The lowest BCUT2D eigenvalue weighted by Crippen LogP contribution is -2.39. The standard InChI is InChI=1S/C13H18N2O2S/c1-8-6-5-7-9(10(8)11(14)18)15-12(16)13(2,3)17-4/h5-7H,1-4H3,(H2,14,18)(H,15,16). The summed E-state index contributed by atoms with van der Waals surface area (Å²) in [5.41, 5.74) is 7.00. The van der Waals surface area contributed by atoms with Crippen LogP contribution in [0.3, 0.4) is 0 Å². The molecule has 0 aliphatic heterocycles. The molecule has 5 heteroatoms. The molecule has 0 aliphatic rings. The van der Waals surface area contributed by atoms with E-state index >= 15 is 0 Å². The molecule has 0 saturated carbocycles. The SMILES string of the molecule is COC(C)(C)C(=O)Nc1cccc(C)c1C(N)=S. The molecular formula is C13H18N2O2S. The fourth-order valence-corrected chi connectivity index (χ4v) is 1.74. The van der Waals surface area contributed by atoms with Crippen LogP contribution in [0.15, 0.2) is 18.2 Å². The number of anilines is 1. The summed E-state index contributed by atoms with van der Waals surface area (Å²) < 4.78 is 5.13. The molecule has 98 valence electrons. The molecule has 0 fully saturated rings. The topological polar surface area (TPSA) is 64.3 Å². The van der Waals surface area contributed by atoms with Crippen LogP contribution in [0.2, 0.25) is 0 Å². The van der Waals surface area contributed by atoms with Gasteiger partial charge in [-0.2, -0.15) is 0 Å². The summed E-state index contributed by atoms with van der Waals surface area (Å²) in [7, 11) is 1.49. The van der Waals surface area contributed by atoms with Gasteiger partial charge in [0.15, 0.2) is 0 Å². The fourth-order valence-electron chi connectivity index (χ4n) is 1.46. The minimum Gasteiger partial charge on any atom is -0.389 e. The monoisotopic (exact) mass is 266 g/mol. The van der Waals surface area contributed by atoms with Gasteiger partial charge in [0.05, 0.1) is 5.69 Å². The van der Waals surface area contributed by atoms with Crippen LogP contribution in [-0.2, 0) is 9.53 Å². The molecule has 0 aromatic heterocycles. The molecule has 1 rings (SSSR count). The molecule has 0 aliphatic carbocycles. The maximum atomic E-state index is 12.0. The van der Waals surface area contributed by atoms with Crippen molar-refractivity contribution in [2.75, 3.05) is 12.4 Å². The van der Waals surface area contributed by atoms with Crippen LogP contribution in [0.1, 0.15) is 25.0 Å². The first-order valence-corrected chi connectivity index (χ1v) is 5.96. The Balaban J connectivity index is 3.09. The number of methoxy groups -OCH3 is 1. The van der Waals surface area contributed by atoms with Crippen molar-refractivity contribution in [1.82, 2.24) is 0 Å². The van der Waals surface area contributed by atoms with E-state index in [4.69, 9.17) is 22.7 Å². The van der Waals surface area contributed by atoms with Crippen molar-refractivity contribution in [3.63, 3.8) is 0 Å². The number of amides is 1. The third-order valence-corrected chi connectivity index (χ3v) is 3.03. The van der Waals surface area contributed by atoms with Crippen LogP contribution < -0.4 is 11.1 Å². The molecule has 0 saturated heterocycles. The highest BCUT2D eigenvalue weighted by Crippen LogP contribution is 2.21. The Morgan fingerprint density at radius 2 is 2.06 bits per heavy atom. The summed E-state index contributed by atoms with van der Waals surface area (Å²) in [4.78, 5) is 12.3. The van der Waals surface area contributed by atoms with Gasteiger partial charge < -0.3 is 15.8 Å². The zero-order valence-electron chi connectivity index (χ0n) is 11.0. The third-order valence-electron chi connectivity index (χ3n) is 2.82. The number of benzene rings is 1. The Kier molecular flexibility index (Phi) is 4.43. The molecule has 1 aromatic rings. The summed E-state index contributed by atoms with van der Waals surface area (Å²) in [6.07, 6.45) is 0. The van der Waals surface area contributed by atoms with E-state index in [0.717, 1.165) is 5.56 Å². The normalized spacial score (nSPS) is 11.1. The van der Waals surface area contributed by atoms with Crippen molar-refractivity contribution in [2.45, 2.75) is 26.4 Å². The van der Waals surface area contributed by atoms with Gasteiger partial charge in [0.25, 0.3) is 5.91 Å². The van der Waals surface area contributed by atoms with Crippen LogP contribution in [0, 0.1) is 6.92 Å². The molecule has 4 nitrogen and oxygen atoms in total. The number of thiocarbonyl (C=S) groups is 1. The van der Waals surface area contributed by atoms with Crippen molar-refractivity contribution in [1.29, 1.82) is 0 Å². The average molecular weight is 266 g/mol. The number of ether oxygens (including phenoxy) is 1. The van der Waals surface area contributed by atoms with Crippen LogP contribution in [0.25, 0.3) is 0 Å². The predicted octanol–water partition coefficient (Wildman–Crippen LogP) is 1.99. The van der Waals surface area contributed by atoms with Gasteiger partial charge in [-0.15, -0.1) is 0 Å². The molecule has 0 atom stereocenters. The van der Waals surface area contributed by atoms with Crippen LogP contribution in [0.4, 0.5) is 5.69 Å². The van der Waals surface area contributed by atoms with Gasteiger partial charge in [-0.1, -0.05) is 24.4 Å². The second-order valence-electron chi connectivity index (χ2n) is 4.53. The number of nitrogens with two attached hydrogens (primary N) is 1. The highest BCUT2D eigenvalue weighted by Gasteiger charge is 2.27. The van der Waals surface area contributed by atoms with Crippen LogP contribution >= 0.6 is 12.2 Å². The Hall–Kier alpha value is -1.46. The lowest BCUT2D eigenvalue weighted by molar-refractivity contribution is -0.133. The number of hydrogen-bond acceptors (Lipinski definition) is 3. The van der Waals surface area contributed by atoms with E-state index in [1.165, 1.54) is 7.11 Å². The van der Waals surface area contributed by atoms with Crippen molar-refractivity contribution in [2.24, 2.45) is 5.73 Å². The van der Waals surface area contributed by atoms with Crippen molar-refractivity contribution >= 4 is 28.8 Å². The maximum absolute atomic E-state index is 12.0. The van der Waals surface area contributed by atoms with Gasteiger partial charge in [-0.05, 0) is 32.4 Å². The summed E-state index contributed by atoms with van der Waals surface area (Å²) in [5, 5.41) is 2.79. The van der Waals surface area contributed by atoms with Crippen molar-refractivity contribution in [3.8, 4) is 0 Å². The highest BCUT2D eigenvalue weighted by atomic mass is 32.1. The molecular weight excluding hydrogens is 248 g/mol. The largest absolute Gasteiger partial charge is 0.389 e. The molecule has 3 N–H and O–H groups in total. The van der Waals surface area contributed by atoms with Crippen molar-refractivity contribution in [3.05, 3.63) is 29.3 Å². The molecule has 1 amide bonds. The number of aryl methyl sites for hydroxylation is 1. The summed E-state index contributed by atoms with van der Waals surface area (Å²) in [5.74, 6) is -0.242. The molecule has 18 heavy (non-hydrogen) atoms. The summed E-state index contributed by atoms with van der Waals surface area (Å²) in [6, 6.07) is 5.50. The van der Waals surface area contributed by atoms with E-state index < -0.39 is 5.60 Å². The first-order chi connectivity index (χ1) is 8.29. The smallest absolute Gasteiger partial charge is 0.256 e. The second-order valence-corrected chi connectivity index (χ2v) is 4.97. The van der Waals surface area contributed by atoms with Crippen molar-refractivity contribution < 1.29 is 9.53 Å². The van der Waals surface area contributed by atoms with Gasteiger partial charge in [-0.25, -0.2) is 0 Å². The Labute approximate surface area is 113 Å². The maximum Gasteiger partial charge on any atom is 0.256 e. The number of carbonyl (C=O) groups is 1. The van der Waals surface area contributed by atoms with Gasteiger partial charge in [0.2, 0.25) is 0 Å². The number of nitrogens with one attached hydrogen (secondary N) is 1. The minimum absolute atomic E-state index is 0.242. The van der Waals surface area contributed by atoms with E-state index in [1.54, 1.807) is 19.9 Å². The average Bonchev–Trinajstić information content (AvgIpc) is 2.28. The summed E-state index contributed by atoms with van der Waals surface area (Å²) in [6.45, 7) is 5.28. The Morgan fingerprint density at radius 3 is 2.56 bits per heavy atom. The molecule has 0 spiro atoms. The molecule has 1 aromatic carbocycles. The van der Waals surface area contributed by atoms with Gasteiger partial charge in [-0.3, -0.25) is 4.79 Å². The minimum atomic E-state index is -0.906. The van der Waals surface area contributed by atoms with E-state index in [9.17, 15) is 4.79 Å². The van der Waals surface area contributed by atoms with Crippen LogP contribution in [0.5, 0.6) is 0 Å². The van der Waals surface area contributed by atoms with Gasteiger partial charge >= 0.3 is 0 Å². The zero-order chi connectivity index (χ0) is 13.9. The predicted molar refractivity (Wildman–Crippen MR) is 76.8 cm³/mol. The van der Waals surface area contributed by atoms with Gasteiger partial charge in [0, 0.05) is 12.7 Å². The van der Waals surface area contributed by atoms with Gasteiger partial charge in [0.1, 0.15) is 10.6 Å². The van der Waals surface area contributed by atoms with E-state index in [0.29, 0.717) is 11.3 Å². The lowest BCUT2D eigenvalue weighted by atomic mass is 10.0. The van der Waals surface area contributed by atoms with E-state index in [1.807, 2.05) is 19.1 Å². The summed E-state index contributed by atoms with van der Waals surface area (Å²) >= 11 is 5.01. The molecule has 0 radical (unpaired) electrons. The first kappa shape index (κ1) is 14.6. The van der Waals surface area contributed by atoms with E-state index in [-0.39, 0.29) is 10.9 Å². The fraction of sp³-hybridized carbons (Fsp3) is 0.385. The first-order valence-electron chi connectivity index (χ1n) is 5.55. The second kappa shape index (κ2) is 5.46. The lowest BCUT2D eigenvalue weighted by Gasteiger charge is -2.23. The quantitative estimate of drug-likeness (QED) is 0.818.